The molecule has 1 heterocycles. The average Bonchev–Trinajstić information content (AvgIpc) is 2.38. The maximum atomic E-state index is 10.5. The highest BCUT2D eigenvalue weighted by atomic mass is 79.9. The molecule has 1 saturated heterocycles. The lowest BCUT2D eigenvalue weighted by atomic mass is 9.93. The fraction of sp³-hybridized carbons (Fsp3) is 0.571. The van der Waals surface area contributed by atoms with E-state index in [1.54, 1.807) is 0 Å². The normalized spacial score (nSPS) is 18.3. The van der Waals surface area contributed by atoms with Crippen LogP contribution in [0.15, 0.2) is 22.7 Å². The van der Waals surface area contributed by atoms with E-state index < -0.39 is 5.60 Å². The summed E-state index contributed by atoms with van der Waals surface area (Å²) in [5.74, 6) is 0. The van der Waals surface area contributed by atoms with E-state index in [-0.39, 0.29) is 0 Å². The van der Waals surface area contributed by atoms with Crippen molar-refractivity contribution in [3.8, 4) is 0 Å². The smallest absolute Gasteiger partial charge is 0.0865 e. The molecule has 0 saturated carbocycles. The molecule has 0 radical (unpaired) electrons. The molecule has 0 spiro atoms. The first kappa shape index (κ1) is 14.8. The average molecular weight is 329 g/mol. The predicted molar refractivity (Wildman–Crippen MR) is 80.3 cm³/mol. The molecule has 1 aliphatic heterocycles. The topological polar surface area (TPSA) is 58.7 Å². The van der Waals surface area contributed by atoms with Gasteiger partial charge in [-0.1, -0.05) is 15.9 Å². The largest absolute Gasteiger partial charge is 0.388 e. The summed E-state index contributed by atoms with van der Waals surface area (Å²) >= 11 is 3.50. The van der Waals surface area contributed by atoms with Gasteiger partial charge in [0.1, 0.15) is 0 Å². The zero-order valence-corrected chi connectivity index (χ0v) is 12.8. The molecule has 0 bridgehead atoms. The molecule has 1 aromatic carbocycles. The van der Waals surface area contributed by atoms with Crippen LogP contribution < -0.4 is 10.6 Å². The number of rotatable bonds is 4. The van der Waals surface area contributed by atoms with E-state index in [0.29, 0.717) is 39.1 Å². The zero-order valence-electron chi connectivity index (χ0n) is 11.2. The predicted octanol–water partition coefficient (Wildman–Crippen LogP) is 1.89. The summed E-state index contributed by atoms with van der Waals surface area (Å²) in [5.41, 5.74) is 7.18. The molecule has 4 nitrogen and oxygen atoms in total. The number of likely N-dealkylation sites (N-methyl/N-ethyl adjacent to an activating group) is 1. The van der Waals surface area contributed by atoms with Crippen molar-refractivity contribution in [2.45, 2.75) is 25.0 Å². The molecule has 1 aromatic rings. The van der Waals surface area contributed by atoms with E-state index in [9.17, 15) is 5.11 Å². The molecule has 0 aromatic heterocycles. The Balaban J connectivity index is 2.10. The Hall–Kier alpha value is -0.620. The fourth-order valence-corrected chi connectivity index (χ4v) is 2.94. The minimum Gasteiger partial charge on any atom is -0.388 e. The van der Waals surface area contributed by atoms with Gasteiger partial charge < -0.3 is 20.5 Å². The molecular formula is C14H21BrN2O2. The number of ether oxygens (including phenoxy) is 1. The van der Waals surface area contributed by atoms with Crippen LogP contribution in [0.3, 0.4) is 0 Å². The van der Waals surface area contributed by atoms with Gasteiger partial charge in [0.2, 0.25) is 0 Å². The van der Waals surface area contributed by atoms with Gasteiger partial charge in [-0.3, -0.25) is 0 Å². The monoisotopic (exact) mass is 328 g/mol. The first-order valence-electron chi connectivity index (χ1n) is 6.53. The summed E-state index contributed by atoms with van der Waals surface area (Å²) in [7, 11) is 2.00. The quantitative estimate of drug-likeness (QED) is 0.886. The fourth-order valence-electron chi connectivity index (χ4n) is 2.41. The van der Waals surface area contributed by atoms with Crippen molar-refractivity contribution < 1.29 is 9.84 Å². The molecule has 1 fully saturated rings. The van der Waals surface area contributed by atoms with Crippen LogP contribution in [0.5, 0.6) is 0 Å². The van der Waals surface area contributed by atoms with Crippen LogP contribution in [0, 0.1) is 0 Å². The van der Waals surface area contributed by atoms with Gasteiger partial charge in [0.25, 0.3) is 0 Å². The van der Waals surface area contributed by atoms with Crippen molar-refractivity contribution in [2.75, 3.05) is 31.7 Å². The maximum Gasteiger partial charge on any atom is 0.0865 e. The van der Waals surface area contributed by atoms with Crippen molar-refractivity contribution in [3.63, 3.8) is 0 Å². The maximum absolute atomic E-state index is 10.5. The molecule has 2 rings (SSSR count). The van der Waals surface area contributed by atoms with Gasteiger partial charge in [-0.05, 0) is 23.8 Å². The van der Waals surface area contributed by atoms with Crippen LogP contribution in [-0.2, 0) is 11.3 Å². The van der Waals surface area contributed by atoms with Crippen LogP contribution in [0.1, 0.15) is 18.4 Å². The highest BCUT2D eigenvalue weighted by Gasteiger charge is 2.31. The van der Waals surface area contributed by atoms with Gasteiger partial charge in [0.15, 0.2) is 0 Å². The number of anilines is 1. The lowest BCUT2D eigenvalue weighted by Crippen LogP contribution is -2.45. The van der Waals surface area contributed by atoms with Crippen molar-refractivity contribution in [1.29, 1.82) is 0 Å². The first-order valence-corrected chi connectivity index (χ1v) is 7.32. The minimum atomic E-state index is -0.655. The van der Waals surface area contributed by atoms with E-state index in [2.05, 4.69) is 26.9 Å². The van der Waals surface area contributed by atoms with E-state index in [1.807, 2.05) is 19.2 Å². The van der Waals surface area contributed by atoms with E-state index in [4.69, 9.17) is 10.5 Å². The Morgan fingerprint density at radius 2 is 2.05 bits per heavy atom. The molecule has 0 atom stereocenters. The van der Waals surface area contributed by atoms with Gasteiger partial charge in [0.05, 0.1) is 5.60 Å². The Labute approximate surface area is 122 Å². The Morgan fingerprint density at radius 3 is 2.68 bits per heavy atom. The molecule has 3 N–H and O–H groups in total. The standard InChI is InChI=1S/C14H21BrN2O2/c1-17(10-14(18)2-4-19-5-3-14)13-7-11(9-16)6-12(15)8-13/h6-8,18H,2-5,9-10,16H2,1H3. The molecule has 19 heavy (non-hydrogen) atoms. The Kier molecular flexibility index (Phi) is 4.84. The van der Waals surface area contributed by atoms with Gasteiger partial charge >= 0.3 is 0 Å². The molecule has 5 heteroatoms. The summed E-state index contributed by atoms with van der Waals surface area (Å²) in [5, 5.41) is 10.5. The van der Waals surface area contributed by atoms with Crippen molar-refractivity contribution in [1.82, 2.24) is 0 Å². The highest BCUT2D eigenvalue weighted by Crippen LogP contribution is 2.26. The number of nitrogens with two attached hydrogens (primary N) is 1. The third-order valence-electron chi connectivity index (χ3n) is 3.57. The lowest BCUT2D eigenvalue weighted by molar-refractivity contribution is -0.0572. The zero-order chi connectivity index (χ0) is 13.9. The summed E-state index contributed by atoms with van der Waals surface area (Å²) in [6.07, 6.45) is 1.38. The van der Waals surface area contributed by atoms with E-state index in [0.717, 1.165) is 15.7 Å². The van der Waals surface area contributed by atoms with Crippen LogP contribution in [0.4, 0.5) is 5.69 Å². The number of benzene rings is 1. The molecule has 0 unspecified atom stereocenters. The number of hydrogen-bond acceptors (Lipinski definition) is 4. The van der Waals surface area contributed by atoms with E-state index in [1.165, 1.54) is 0 Å². The van der Waals surface area contributed by atoms with Gasteiger partial charge in [-0.25, -0.2) is 0 Å². The van der Waals surface area contributed by atoms with Gasteiger partial charge in [-0.2, -0.15) is 0 Å². The number of halogens is 1. The van der Waals surface area contributed by atoms with Gasteiger partial charge in [-0.15, -0.1) is 0 Å². The van der Waals surface area contributed by atoms with Crippen LogP contribution >= 0.6 is 15.9 Å². The highest BCUT2D eigenvalue weighted by molar-refractivity contribution is 9.10. The number of hydrogen-bond donors (Lipinski definition) is 2. The third kappa shape index (κ3) is 3.92. The van der Waals surface area contributed by atoms with Crippen molar-refractivity contribution in [3.05, 3.63) is 28.2 Å². The number of nitrogens with zero attached hydrogens (tertiary/aromatic N) is 1. The Morgan fingerprint density at radius 1 is 1.37 bits per heavy atom. The lowest BCUT2D eigenvalue weighted by Gasteiger charge is -2.36. The summed E-state index contributed by atoms with van der Waals surface area (Å²) in [4.78, 5) is 2.08. The summed E-state index contributed by atoms with van der Waals surface area (Å²) < 4.78 is 6.32. The molecule has 0 aliphatic carbocycles. The van der Waals surface area contributed by atoms with Crippen LogP contribution in [0.25, 0.3) is 0 Å². The third-order valence-corrected chi connectivity index (χ3v) is 4.03. The van der Waals surface area contributed by atoms with Crippen molar-refractivity contribution >= 4 is 21.6 Å². The molecule has 0 amide bonds. The second-order valence-corrected chi connectivity index (χ2v) is 6.13. The second-order valence-electron chi connectivity index (χ2n) is 5.21. The van der Waals surface area contributed by atoms with Crippen LogP contribution in [-0.4, -0.2) is 37.5 Å². The summed E-state index contributed by atoms with van der Waals surface area (Å²) in [6, 6.07) is 6.12. The van der Waals surface area contributed by atoms with Gasteiger partial charge in [0, 0.05) is 56.4 Å². The SMILES string of the molecule is CN(CC1(O)CCOCC1)c1cc(Br)cc(CN)c1. The molecule has 106 valence electrons. The number of aliphatic hydroxyl groups is 1. The minimum absolute atomic E-state index is 0.512. The van der Waals surface area contributed by atoms with Crippen LogP contribution in [0.2, 0.25) is 0 Å². The Bertz CT molecular complexity index is 433. The first-order chi connectivity index (χ1) is 9.02. The summed E-state index contributed by atoms with van der Waals surface area (Å²) in [6.45, 7) is 2.39. The molecular weight excluding hydrogens is 308 g/mol. The second kappa shape index (κ2) is 6.22. The molecule has 1 aliphatic rings. The van der Waals surface area contributed by atoms with Crippen molar-refractivity contribution in [2.24, 2.45) is 5.73 Å². The van der Waals surface area contributed by atoms with E-state index >= 15 is 0 Å².